The number of nitrogens with zero attached hydrogens (tertiary/aromatic N) is 1. The highest BCUT2D eigenvalue weighted by molar-refractivity contribution is 6.55. The Hall–Kier alpha value is -2.32. The zero-order valence-electron chi connectivity index (χ0n) is 15.1. The Morgan fingerprint density at radius 2 is 1.53 bits per heavy atom. The summed E-state index contributed by atoms with van der Waals surface area (Å²) in [4.78, 5) is 49.9. The van der Waals surface area contributed by atoms with Gasteiger partial charge in [0, 0.05) is 6.54 Å². The predicted octanol–water partition coefficient (Wildman–Crippen LogP) is 4.30. The van der Waals surface area contributed by atoms with Crippen LogP contribution in [0.4, 0.5) is 0 Å². The van der Waals surface area contributed by atoms with Crippen LogP contribution in [0.5, 0.6) is 0 Å². The lowest BCUT2D eigenvalue weighted by Crippen LogP contribution is -2.47. The van der Waals surface area contributed by atoms with Crippen LogP contribution in [0.3, 0.4) is 0 Å². The molecule has 1 unspecified atom stereocenters. The molecule has 2 N–H and O–H groups in total. The molecule has 1 aliphatic heterocycles. The van der Waals surface area contributed by atoms with Crippen LogP contribution < -0.4 is 5.32 Å². The van der Waals surface area contributed by atoms with Crippen LogP contribution in [0.1, 0.15) is 43.6 Å². The molecular formula is C19H12Cl4N2O5. The Morgan fingerprint density at radius 3 is 2.03 bits per heavy atom. The van der Waals surface area contributed by atoms with E-state index in [0.717, 1.165) is 4.90 Å². The maximum atomic E-state index is 12.8. The highest BCUT2D eigenvalue weighted by Crippen LogP contribution is 2.45. The van der Waals surface area contributed by atoms with Crippen molar-refractivity contribution in [2.75, 3.05) is 0 Å². The van der Waals surface area contributed by atoms with Crippen LogP contribution in [-0.4, -0.2) is 39.7 Å². The summed E-state index contributed by atoms with van der Waals surface area (Å²) in [7, 11) is 0. The van der Waals surface area contributed by atoms with Gasteiger partial charge in [-0.1, -0.05) is 58.5 Å². The monoisotopic (exact) mass is 488 g/mol. The molecule has 0 saturated carbocycles. The second-order valence-electron chi connectivity index (χ2n) is 6.39. The Labute approximate surface area is 190 Å². The predicted molar refractivity (Wildman–Crippen MR) is 112 cm³/mol. The number of rotatable bonds is 5. The number of imide groups is 1. The molecule has 0 saturated heterocycles. The highest BCUT2D eigenvalue weighted by atomic mass is 35.5. The third-order valence-corrected chi connectivity index (χ3v) is 6.34. The third-order valence-electron chi connectivity index (χ3n) is 4.54. The van der Waals surface area contributed by atoms with E-state index in [1.807, 2.05) is 0 Å². The maximum absolute atomic E-state index is 12.8. The number of halogens is 4. The number of fused-ring (bicyclic) bond motifs is 1. The smallest absolute Gasteiger partial charge is 0.335 e. The molecule has 3 rings (SSSR count). The largest absolute Gasteiger partial charge is 0.478 e. The topological polar surface area (TPSA) is 104 Å². The number of carboxylic acid groups (broad SMARTS) is 1. The first-order valence-electron chi connectivity index (χ1n) is 8.40. The molecule has 11 heteroatoms. The van der Waals surface area contributed by atoms with E-state index in [1.54, 1.807) is 6.07 Å². The van der Waals surface area contributed by atoms with Gasteiger partial charge in [0.2, 0.25) is 5.91 Å². The van der Waals surface area contributed by atoms with Gasteiger partial charge < -0.3 is 10.4 Å². The quantitative estimate of drug-likeness (QED) is 0.370. The molecular weight excluding hydrogens is 478 g/mol. The first kappa shape index (κ1) is 22.4. The van der Waals surface area contributed by atoms with Crippen molar-refractivity contribution in [3.8, 4) is 0 Å². The van der Waals surface area contributed by atoms with Crippen LogP contribution in [0, 0.1) is 0 Å². The van der Waals surface area contributed by atoms with E-state index >= 15 is 0 Å². The number of carbonyl (C=O) groups is 4. The van der Waals surface area contributed by atoms with Gasteiger partial charge in [0.15, 0.2) is 0 Å². The summed E-state index contributed by atoms with van der Waals surface area (Å²) < 4.78 is 0. The normalized spacial score (nSPS) is 14.0. The number of nitrogens with one attached hydrogen (secondary N) is 1. The molecule has 0 aromatic heterocycles. The van der Waals surface area contributed by atoms with Gasteiger partial charge in [-0.3, -0.25) is 19.3 Å². The second-order valence-corrected chi connectivity index (χ2v) is 7.90. The number of amides is 3. The van der Waals surface area contributed by atoms with Gasteiger partial charge in [-0.25, -0.2) is 4.79 Å². The Bertz CT molecular complexity index is 1070. The summed E-state index contributed by atoms with van der Waals surface area (Å²) in [6.45, 7) is 1.35. The molecule has 156 valence electrons. The molecule has 1 heterocycles. The maximum Gasteiger partial charge on any atom is 0.335 e. The van der Waals surface area contributed by atoms with Crippen LogP contribution in [0.15, 0.2) is 24.3 Å². The van der Waals surface area contributed by atoms with Gasteiger partial charge in [-0.15, -0.1) is 0 Å². The van der Waals surface area contributed by atoms with E-state index < -0.39 is 29.7 Å². The minimum atomic E-state index is -1.20. The fraction of sp³-hybridized carbons (Fsp3) is 0.158. The average molecular weight is 490 g/mol. The molecule has 0 spiro atoms. The van der Waals surface area contributed by atoms with Crippen molar-refractivity contribution >= 4 is 70.1 Å². The molecule has 1 aliphatic rings. The van der Waals surface area contributed by atoms with E-state index in [-0.39, 0.29) is 43.3 Å². The number of carbonyl (C=O) groups excluding carboxylic acids is 3. The Kier molecular flexibility index (Phi) is 6.29. The van der Waals surface area contributed by atoms with Gasteiger partial charge in [-0.2, -0.15) is 0 Å². The molecule has 0 fully saturated rings. The fourth-order valence-corrected chi connectivity index (χ4v) is 4.00. The minimum absolute atomic E-state index is 0.00731. The first-order chi connectivity index (χ1) is 14.1. The zero-order chi connectivity index (χ0) is 22.3. The van der Waals surface area contributed by atoms with Crippen molar-refractivity contribution in [1.82, 2.24) is 10.2 Å². The molecule has 7 nitrogen and oxygen atoms in total. The van der Waals surface area contributed by atoms with Gasteiger partial charge in [-0.05, 0) is 24.6 Å². The fourth-order valence-electron chi connectivity index (χ4n) is 2.99. The molecule has 3 amide bonds. The number of aromatic carboxylic acids is 1. The summed E-state index contributed by atoms with van der Waals surface area (Å²) in [6.07, 6.45) is 0. The van der Waals surface area contributed by atoms with Crippen molar-refractivity contribution in [3.05, 3.63) is 66.6 Å². The third kappa shape index (κ3) is 3.74. The van der Waals surface area contributed by atoms with E-state index in [0.29, 0.717) is 5.56 Å². The lowest BCUT2D eigenvalue weighted by atomic mass is 10.1. The lowest BCUT2D eigenvalue weighted by molar-refractivity contribution is -0.124. The molecule has 30 heavy (non-hydrogen) atoms. The molecule has 0 bridgehead atoms. The minimum Gasteiger partial charge on any atom is -0.478 e. The summed E-state index contributed by atoms with van der Waals surface area (Å²) in [5, 5.41) is 10.8. The van der Waals surface area contributed by atoms with Gasteiger partial charge in [0.25, 0.3) is 11.8 Å². The summed E-state index contributed by atoms with van der Waals surface area (Å²) in [5.41, 5.74) is 0.167. The molecule has 0 radical (unpaired) electrons. The number of benzene rings is 2. The van der Waals surface area contributed by atoms with Crippen LogP contribution >= 0.6 is 46.4 Å². The summed E-state index contributed by atoms with van der Waals surface area (Å²) in [6, 6.07) is 4.78. The first-order valence-corrected chi connectivity index (χ1v) is 9.91. The van der Waals surface area contributed by atoms with Crippen molar-refractivity contribution in [3.63, 3.8) is 0 Å². The number of hydrogen-bond acceptors (Lipinski definition) is 4. The molecule has 0 aliphatic carbocycles. The van der Waals surface area contributed by atoms with E-state index in [4.69, 9.17) is 51.5 Å². The average Bonchev–Trinajstić information content (AvgIpc) is 2.98. The van der Waals surface area contributed by atoms with Crippen molar-refractivity contribution < 1.29 is 24.3 Å². The van der Waals surface area contributed by atoms with Gasteiger partial charge in [0.1, 0.15) is 6.04 Å². The van der Waals surface area contributed by atoms with E-state index in [9.17, 15) is 19.2 Å². The SMILES string of the molecule is CC(C(=O)NCc1cccc(C(=O)O)c1)N1C(=O)c2c(Cl)c(Cl)c(Cl)c(Cl)c2C1=O. The zero-order valence-corrected chi connectivity index (χ0v) is 18.2. The highest BCUT2D eigenvalue weighted by Gasteiger charge is 2.45. The van der Waals surface area contributed by atoms with Crippen LogP contribution in [0.25, 0.3) is 0 Å². The molecule has 1 atom stereocenters. The van der Waals surface area contributed by atoms with Crippen molar-refractivity contribution in [1.29, 1.82) is 0 Å². The van der Waals surface area contributed by atoms with Gasteiger partial charge in [0.05, 0.1) is 36.8 Å². The van der Waals surface area contributed by atoms with Gasteiger partial charge >= 0.3 is 5.97 Å². The van der Waals surface area contributed by atoms with Crippen LogP contribution in [-0.2, 0) is 11.3 Å². The lowest BCUT2D eigenvalue weighted by Gasteiger charge is -2.21. The molecule has 2 aromatic rings. The van der Waals surface area contributed by atoms with E-state index in [1.165, 1.54) is 25.1 Å². The van der Waals surface area contributed by atoms with Crippen molar-refractivity contribution in [2.45, 2.75) is 19.5 Å². The Morgan fingerprint density at radius 1 is 1.00 bits per heavy atom. The van der Waals surface area contributed by atoms with E-state index in [2.05, 4.69) is 5.32 Å². The summed E-state index contributed by atoms with van der Waals surface area (Å²) in [5.74, 6) is -3.39. The number of hydrogen-bond donors (Lipinski definition) is 2. The number of carboxylic acids is 1. The molecule has 2 aromatic carbocycles. The van der Waals surface area contributed by atoms with Crippen molar-refractivity contribution in [2.24, 2.45) is 0 Å². The van der Waals surface area contributed by atoms with Crippen LogP contribution in [0.2, 0.25) is 20.1 Å². The Balaban J connectivity index is 1.82. The summed E-state index contributed by atoms with van der Waals surface area (Å²) >= 11 is 24.1. The second kappa shape index (κ2) is 8.43. The standard InChI is InChI=1S/C19H12Cl4N2O5/c1-7(16(26)24-6-8-3-2-4-9(5-8)19(29)30)25-17(27)10-11(18(25)28)13(21)15(23)14(22)12(10)20/h2-5,7H,6H2,1H3,(H,24,26)(H,29,30).